The van der Waals surface area contributed by atoms with Crippen molar-refractivity contribution in [2.45, 2.75) is 45.1 Å². The standard InChI is InChI=1S/C14H27N3O4S.HI/c1-3-15-14(17-12-8-10-22(19,20)11-12)16-9-6-4-5-7-13(18)21-2;/h12H,3-11H2,1-2H3,(H2,15,16,17);1H. The fourth-order valence-electron chi connectivity index (χ4n) is 2.27. The van der Waals surface area contributed by atoms with E-state index in [1.165, 1.54) is 7.11 Å². The van der Waals surface area contributed by atoms with Crippen molar-refractivity contribution in [2.75, 3.05) is 31.7 Å². The molecule has 2 N–H and O–H groups in total. The van der Waals surface area contributed by atoms with E-state index in [0.29, 0.717) is 25.3 Å². The third-order valence-corrected chi connectivity index (χ3v) is 5.22. The molecule has 0 aromatic carbocycles. The van der Waals surface area contributed by atoms with Gasteiger partial charge in [0.2, 0.25) is 0 Å². The first-order chi connectivity index (χ1) is 10.5. The second kappa shape index (κ2) is 11.9. The zero-order valence-electron chi connectivity index (χ0n) is 13.8. The highest BCUT2D eigenvalue weighted by atomic mass is 127. The number of rotatable bonds is 8. The molecule has 0 aliphatic carbocycles. The molecular formula is C14H28IN3O4S. The van der Waals surface area contributed by atoms with Gasteiger partial charge in [0.1, 0.15) is 0 Å². The molecule has 0 amide bonds. The first-order valence-corrected chi connectivity index (χ1v) is 9.61. The van der Waals surface area contributed by atoms with Crippen LogP contribution in [-0.4, -0.2) is 58.1 Å². The summed E-state index contributed by atoms with van der Waals surface area (Å²) in [5, 5.41) is 6.30. The van der Waals surface area contributed by atoms with E-state index in [-0.39, 0.29) is 47.5 Å². The predicted octanol–water partition coefficient (Wildman–Crippen LogP) is 1.08. The van der Waals surface area contributed by atoms with Gasteiger partial charge in [0.15, 0.2) is 15.8 Å². The Hall–Kier alpha value is -0.580. The predicted molar refractivity (Wildman–Crippen MR) is 102 cm³/mol. The molecule has 23 heavy (non-hydrogen) atoms. The maximum absolute atomic E-state index is 11.5. The summed E-state index contributed by atoms with van der Waals surface area (Å²) in [7, 11) is -1.50. The van der Waals surface area contributed by atoms with Crippen molar-refractivity contribution in [1.82, 2.24) is 10.6 Å². The average Bonchev–Trinajstić information content (AvgIpc) is 2.81. The maximum Gasteiger partial charge on any atom is 0.305 e. The molecule has 1 aliphatic rings. The molecule has 0 saturated carbocycles. The van der Waals surface area contributed by atoms with Crippen LogP contribution in [0.2, 0.25) is 0 Å². The molecule has 7 nitrogen and oxygen atoms in total. The molecule has 1 rings (SSSR count). The molecule has 9 heteroatoms. The Morgan fingerprint density at radius 1 is 1.30 bits per heavy atom. The topological polar surface area (TPSA) is 96.9 Å². The SMILES string of the molecule is CCNC(=NCCCCCC(=O)OC)NC1CCS(=O)(=O)C1.I. The van der Waals surface area contributed by atoms with Gasteiger partial charge < -0.3 is 15.4 Å². The van der Waals surface area contributed by atoms with Crippen molar-refractivity contribution in [2.24, 2.45) is 4.99 Å². The van der Waals surface area contributed by atoms with Crippen LogP contribution in [0.1, 0.15) is 39.0 Å². The van der Waals surface area contributed by atoms with E-state index >= 15 is 0 Å². The molecule has 1 aliphatic heterocycles. The molecule has 1 saturated heterocycles. The Bertz CT molecular complexity index is 482. The van der Waals surface area contributed by atoms with E-state index in [1.54, 1.807) is 0 Å². The molecule has 136 valence electrons. The number of aliphatic imine (C=N–C) groups is 1. The van der Waals surface area contributed by atoms with Gasteiger partial charge in [-0.15, -0.1) is 24.0 Å². The highest BCUT2D eigenvalue weighted by molar-refractivity contribution is 14.0. The van der Waals surface area contributed by atoms with Gasteiger partial charge in [-0.1, -0.05) is 6.42 Å². The van der Waals surface area contributed by atoms with Gasteiger partial charge in [0.25, 0.3) is 0 Å². The Morgan fingerprint density at radius 2 is 2.04 bits per heavy atom. The number of hydrogen-bond donors (Lipinski definition) is 2. The number of halogens is 1. The van der Waals surface area contributed by atoms with Crippen LogP contribution in [0.4, 0.5) is 0 Å². The van der Waals surface area contributed by atoms with Gasteiger partial charge in [-0.3, -0.25) is 9.79 Å². The molecule has 1 unspecified atom stereocenters. The van der Waals surface area contributed by atoms with E-state index in [0.717, 1.165) is 25.8 Å². The largest absolute Gasteiger partial charge is 0.469 e. The third kappa shape index (κ3) is 10.0. The maximum atomic E-state index is 11.5. The summed E-state index contributed by atoms with van der Waals surface area (Å²) in [5.74, 6) is 0.909. The van der Waals surface area contributed by atoms with Crippen molar-refractivity contribution >= 4 is 45.7 Å². The number of methoxy groups -OCH3 is 1. The lowest BCUT2D eigenvalue weighted by Crippen LogP contribution is -2.44. The quantitative estimate of drug-likeness (QED) is 0.185. The first kappa shape index (κ1) is 22.4. The lowest BCUT2D eigenvalue weighted by atomic mass is 10.2. The van der Waals surface area contributed by atoms with Crippen LogP contribution in [0.25, 0.3) is 0 Å². The summed E-state index contributed by atoms with van der Waals surface area (Å²) in [6, 6.07) is -0.0536. The van der Waals surface area contributed by atoms with Crippen LogP contribution in [0.15, 0.2) is 4.99 Å². The van der Waals surface area contributed by atoms with Gasteiger partial charge >= 0.3 is 5.97 Å². The third-order valence-electron chi connectivity index (χ3n) is 3.45. The number of carbonyl (C=O) groups is 1. The van der Waals surface area contributed by atoms with Crippen molar-refractivity contribution in [3.63, 3.8) is 0 Å². The summed E-state index contributed by atoms with van der Waals surface area (Å²) in [5.41, 5.74) is 0. The molecule has 0 bridgehead atoms. The van der Waals surface area contributed by atoms with Crippen LogP contribution in [0.5, 0.6) is 0 Å². The summed E-state index contributed by atoms with van der Waals surface area (Å²) < 4.78 is 27.5. The molecule has 1 heterocycles. The second-order valence-corrected chi connectivity index (χ2v) is 7.62. The van der Waals surface area contributed by atoms with Crippen molar-refractivity contribution in [3.05, 3.63) is 0 Å². The normalized spacial score (nSPS) is 19.7. The number of carbonyl (C=O) groups excluding carboxylic acids is 1. The smallest absolute Gasteiger partial charge is 0.305 e. The monoisotopic (exact) mass is 461 g/mol. The van der Waals surface area contributed by atoms with Crippen LogP contribution in [0, 0.1) is 0 Å². The lowest BCUT2D eigenvalue weighted by Gasteiger charge is -2.15. The van der Waals surface area contributed by atoms with Gasteiger partial charge in [-0.25, -0.2) is 8.42 Å². The van der Waals surface area contributed by atoms with E-state index in [9.17, 15) is 13.2 Å². The minimum Gasteiger partial charge on any atom is -0.469 e. The van der Waals surface area contributed by atoms with Gasteiger partial charge in [0, 0.05) is 25.6 Å². The average molecular weight is 461 g/mol. The number of esters is 1. The number of nitrogens with one attached hydrogen (secondary N) is 2. The molecular weight excluding hydrogens is 433 g/mol. The highest BCUT2D eigenvalue weighted by Crippen LogP contribution is 2.11. The molecule has 1 fully saturated rings. The lowest BCUT2D eigenvalue weighted by molar-refractivity contribution is -0.140. The number of hydrogen-bond acceptors (Lipinski definition) is 5. The molecule has 0 spiro atoms. The van der Waals surface area contributed by atoms with Crippen LogP contribution in [-0.2, 0) is 19.4 Å². The van der Waals surface area contributed by atoms with Crippen molar-refractivity contribution in [1.29, 1.82) is 0 Å². The summed E-state index contributed by atoms with van der Waals surface area (Å²) in [6.07, 6.45) is 3.67. The van der Waals surface area contributed by atoms with E-state index < -0.39 is 9.84 Å². The number of guanidine groups is 1. The summed E-state index contributed by atoms with van der Waals surface area (Å²) in [6.45, 7) is 3.35. The second-order valence-electron chi connectivity index (χ2n) is 5.39. The fourth-order valence-corrected chi connectivity index (χ4v) is 3.95. The van der Waals surface area contributed by atoms with Crippen LogP contribution < -0.4 is 10.6 Å². The molecule has 1 atom stereocenters. The molecule has 0 radical (unpaired) electrons. The summed E-state index contributed by atoms with van der Waals surface area (Å²) in [4.78, 5) is 15.4. The van der Waals surface area contributed by atoms with Gasteiger partial charge in [0.05, 0.1) is 18.6 Å². The van der Waals surface area contributed by atoms with E-state index in [4.69, 9.17) is 0 Å². The van der Waals surface area contributed by atoms with Gasteiger partial charge in [-0.2, -0.15) is 0 Å². The minimum atomic E-state index is -2.89. The van der Waals surface area contributed by atoms with E-state index in [2.05, 4.69) is 20.4 Å². The Labute approximate surface area is 156 Å². The fraction of sp³-hybridized carbons (Fsp3) is 0.857. The number of nitrogens with zero attached hydrogens (tertiary/aromatic N) is 1. The number of ether oxygens (including phenoxy) is 1. The zero-order chi connectivity index (χ0) is 16.4. The molecule has 0 aromatic rings. The first-order valence-electron chi connectivity index (χ1n) is 7.79. The molecule has 0 aromatic heterocycles. The summed E-state index contributed by atoms with van der Waals surface area (Å²) >= 11 is 0. The Balaban J connectivity index is 0.00000484. The van der Waals surface area contributed by atoms with Crippen LogP contribution in [0.3, 0.4) is 0 Å². The minimum absolute atomic E-state index is 0. The zero-order valence-corrected chi connectivity index (χ0v) is 17.0. The van der Waals surface area contributed by atoms with Crippen LogP contribution >= 0.6 is 24.0 Å². The highest BCUT2D eigenvalue weighted by Gasteiger charge is 2.28. The van der Waals surface area contributed by atoms with Crippen molar-refractivity contribution in [3.8, 4) is 0 Å². The van der Waals surface area contributed by atoms with Gasteiger partial charge in [-0.05, 0) is 26.2 Å². The number of unbranched alkanes of at least 4 members (excludes halogenated alkanes) is 2. The van der Waals surface area contributed by atoms with Crippen molar-refractivity contribution < 1.29 is 17.9 Å². The number of sulfone groups is 1. The van der Waals surface area contributed by atoms with E-state index in [1.807, 2.05) is 6.92 Å². The Morgan fingerprint density at radius 3 is 2.61 bits per heavy atom. The Kier molecular flexibility index (Phi) is 11.6.